The third-order valence-corrected chi connectivity index (χ3v) is 5.00. The molecule has 136 valence electrons. The van der Waals surface area contributed by atoms with Crippen molar-refractivity contribution in [3.05, 3.63) is 75.9 Å². The second kappa shape index (κ2) is 8.72. The van der Waals surface area contributed by atoms with E-state index in [1.165, 1.54) is 9.75 Å². The highest BCUT2D eigenvalue weighted by atomic mass is 32.1. The summed E-state index contributed by atoms with van der Waals surface area (Å²) >= 11 is 1.72. The molecule has 0 unspecified atom stereocenters. The third-order valence-electron chi connectivity index (χ3n) is 4.01. The fraction of sp³-hybridized carbons (Fsp3) is 0.286. The summed E-state index contributed by atoms with van der Waals surface area (Å²) in [4.78, 5) is 17.2. The molecule has 0 saturated heterocycles. The first-order chi connectivity index (χ1) is 12.6. The second-order valence-electron chi connectivity index (χ2n) is 6.10. The minimum atomic E-state index is 0.0802. The van der Waals surface area contributed by atoms with Gasteiger partial charge in [0.2, 0.25) is 5.91 Å². The highest BCUT2D eigenvalue weighted by Crippen LogP contribution is 2.20. The van der Waals surface area contributed by atoms with E-state index in [0.29, 0.717) is 26.1 Å². The number of rotatable bonds is 8. The maximum absolute atomic E-state index is 12.9. The molecule has 0 spiro atoms. The van der Waals surface area contributed by atoms with E-state index >= 15 is 0 Å². The lowest BCUT2D eigenvalue weighted by Gasteiger charge is -2.21. The number of hydrogen-bond donors (Lipinski definition) is 0. The van der Waals surface area contributed by atoms with E-state index in [1.807, 2.05) is 48.2 Å². The van der Waals surface area contributed by atoms with Crippen LogP contribution in [-0.4, -0.2) is 17.4 Å². The molecule has 2 heterocycles. The topological polar surface area (TPSA) is 42.7 Å². The zero-order valence-corrected chi connectivity index (χ0v) is 15.9. The summed E-state index contributed by atoms with van der Waals surface area (Å²) in [5.41, 5.74) is 0.977. The highest BCUT2D eigenvalue weighted by molar-refractivity contribution is 7.11. The van der Waals surface area contributed by atoms with Crippen LogP contribution in [0.2, 0.25) is 0 Å². The Bertz CT molecular complexity index is 821. The fourth-order valence-corrected chi connectivity index (χ4v) is 3.64. The number of amides is 1. The van der Waals surface area contributed by atoms with Gasteiger partial charge < -0.3 is 14.1 Å². The lowest BCUT2D eigenvalue weighted by atomic mass is 10.1. The molecule has 0 fully saturated rings. The Hall–Kier alpha value is -2.53. The van der Waals surface area contributed by atoms with E-state index in [0.717, 1.165) is 17.1 Å². The van der Waals surface area contributed by atoms with Gasteiger partial charge in [-0.3, -0.25) is 4.79 Å². The average Bonchev–Trinajstić information content (AvgIpc) is 3.28. The number of nitrogens with zero attached hydrogens (tertiary/aromatic N) is 1. The van der Waals surface area contributed by atoms with Gasteiger partial charge in [-0.15, -0.1) is 11.3 Å². The smallest absolute Gasteiger partial charge is 0.227 e. The Kier molecular flexibility index (Phi) is 6.12. The summed E-state index contributed by atoms with van der Waals surface area (Å²) in [6.45, 7) is 5.73. The number of ether oxygens (including phenoxy) is 1. The van der Waals surface area contributed by atoms with Gasteiger partial charge in [-0.25, -0.2) is 0 Å². The Morgan fingerprint density at radius 1 is 1.12 bits per heavy atom. The molecule has 0 bridgehead atoms. The summed E-state index contributed by atoms with van der Waals surface area (Å²) in [5.74, 6) is 1.69. The van der Waals surface area contributed by atoms with Crippen LogP contribution in [0, 0.1) is 6.92 Å². The van der Waals surface area contributed by atoms with E-state index in [4.69, 9.17) is 9.15 Å². The van der Waals surface area contributed by atoms with Crippen LogP contribution in [0.3, 0.4) is 0 Å². The van der Waals surface area contributed by atoms with Crippen LogP contribution in [0.25, 0.3) is 0 Å². The van der Waals surface area contributed by atoms with E-state index in [1.54, 1.807) is 17.6 Å². The molecule has 0 aliphatic carbocycles. The molecule has 0 radical (unpaired) electrons. The summed E-state index contributed by atoms with van der Waals surface area (Å²) in [6.07, 6.45) is 2.00. The third kappa shape index (κ3) is 4.99. The number of aryl methyl sites for hydroxylation is 1. The molecule has 0 atom stereocenters. The van der Waals surface area contributed by atoms with Crippen molar-refractivity contribution >= 4 is 17.2 Å². The Labute approximate surface area is 158 Å². The average molecular weight is 369 g/mol. The van der Waals surface area contributed by atoms with Crippen molar-refractivity contribution in [3.63, 3.8) is 0 Å². The van der Waals surface area contributed by atoms with Crippen LogP contribution < -0.4 is 4.74 Å². The van der Waals surface area contributed by atoms with Gasteiger partial charge in [0, 0.05) is 9.75 Å². The Balaban J connectivity index is 1.70. The summed E-state index contributed by atoms with van der Waals surface area (Å²) in [7, 11) is 0. The van der Waals surface area contributed by atoms with Crippen LogP contribution in [-0.2, 0) is 24.3 Å². The first kappa shape index (κ1) is 18.3. The van der Waals surface area contributed by atoms with Crippen molar-refractivity contribution in [2.45, 2.75) is 33.4 Å². The van der Waals surface area contributed by atoms with Crippen molar-refractivity contribution in [2.75, 3.05) is 6.61 Å². The fourth-order valence-electron chi connectivity index (χ4n) is 2.74. The molecule has 5 heteroatoms. The molecule has 2 aromatic heterocycles. The molecule has 0 N–H and O–H groups in total. The van der Waals surface area contributed by atoms with Crippen LogP contribution in [0.15, 0.2) is 59.2 Å². The van der Waals surface area contributed by atoms with Gasteiger partial charge in [0.1, 0.15) is 11.5 Å². The number of carbonyl (C=O) groups is 1. The van der Waals surface area contributed by atoms with Gasteiger partial charge in [0.05, 0.1) is 32.4 Å². The SMILES string of the molecule is CCOc1ccc(CC(=O)N(Cc2ccco2)Cc2ccc(C)s2)cc1. The molecule has 0 saturated carbocycles. The van der Waals surface area contributed by atoms with Crippen molar-refractivity contribution < 1.29 is 13.9 Å². The maximum Gasteiger partial charge on any atom is 0.227 e. The van der Waals surface area contributed by atoms with Crippen molar-refractivity contribution in [1.82, 2.24) is 4.90 Å². The lowest BCUT2D eigenvalue weighted by Crippen LogP contribution is -2.31. The van der Waals surface area contributed by atoms with Gasteiger partial charge >= 0.3 is 0 Å². The standard InChI is InChI=1S/C21H23NO3S/c1-3-24-18-9-7-17(8-10-18)13-21(23)22(14-19-5-4-12-25-19)15-20-11-6-16(2)26-20/h4-12H,3,13-15H2,1-2H3. The Morgan fingerprint density at radius 3 is 2.54 bits per heavy atom. The number of furan rings is 1. The van der Waals surface area contributed by atoms with E-state index in [9.17, 15) is 4.79 Å². The second-order valence-corrected chi connectivity index (χ2v) is 7.47. The predicted molar refractivity (Wildman–Crippen MR) is 103 cm³/mol. The number of hydrogen-bond acceptors (Lipinski definition) is 4. The number of carbonyl (C=O) groups excluding carboxylic acids is 1. The molecule has 0 aliphatic rings. The molecule has 0 aliphatic heterocycles. The monoisotopic (exact) mass is 369 g/mol. The minimum Gasteiger partial charge on any atom is -0.494 e. The predicted octanol–water partition coefficient (Wildman–Crippen LogP) is 4.82. The first-order valence-electron chi connectivity index (χ1n) is 8.71. The minimum absolute atomic E-state index is 0.0802. The van der Waals surface area contributed by atoms with Gasteiger partial charge in [-0.2, -0.15) is 0 Å². The largest absolute Gasteiger partial charge is 0.494 e. The van der Waals surface area contributed by atoms with Crippen molar-refractivity contribution in [2.24, 2.45) is 0 Å². The maximum atomic E-state index is 12.9. The molecular weight excluding hydrogens is 346 g/mol. The quantitative estimate of drug-likeness (QED) is 0.572. The normalized spacial score (nSPS) is 10.7. The molecule has 3 rings (SSSR count). The van der Waals surface area contributed by atoms with E-state index in [-0.39, 0.29) is 5.91 Å². The first-order valence-corrected chi connectivity index (χ1v) is 9.53. The molecular formula is C21H23NO3S. The van der Waals surface area contributed by atoms with Crippen molar-refractivity contribution in [3.8, 4) is 5.75 Å². The van der Waals surface area contributed by atoms with E-state index in [2.05, 4.69) is 19.1 Å². The zero-order valence-electron chi connectivity index (χ0n) is 15.1. The van der Waals surface area contributed by atoms with Crippen LogP contribution in [0.1, 0.15) is 28.0 Å². The molecule has 1 aromatic carbocycles. The molecule has 3 aromatic rings. The van der Waals surface area contributed by atoms with Crippen LogP contribution >= 0.6 is 11.3 Å². The number of thiophene rings is 1. The number of benzene rings is 1. The summed E-state index contributed by atoms with van der Waals surface area (Å²) in [6, 6.07) is 15.6. The van der Waals surface area contributed by atoms with E-state index < -0.39 is 0 Å². The zero-order chi connectivity index (χ0) is 18.4. The molecule has 26 heavy (non-hydrogen) atoms. The van der Waals surface area contributed by atoms with Crippen LogP contribution in [0.4, 0.5) is 0 Å². The van der Waals surface area contributed by atoms with Gasteiger partial charge in [0.15, 0.2) is 0 Å². The lowest BCUT2D eigenvalue weighted by molar-refractivity contribution is -0.131. The van der Waals surface area contributed by atoms with Gasteiger partial charge in [-0.05, 0) is 55.8 Å². The summed E-state index contributed by atoms with van der Waals surface area (Å²) in [5, 5.41) is 0. The van der Waals surface area contributed by atoms with Gasteiger partial charge in [-0.1, -0.05) is 12.1 Å². The highest BCUT2D eigenvalue weighted by Gasteiger charge is 2.17. The Morgan fingerprint density at radius 2 is 1.92 bits per heavy atom. The van der Waals surface area contributed by atoms with Crippen molar-refractivity contribution in [1.29, 1.82) is 0 Å². The van der Waals surface area contributed by atoms with Crippen LogP contribution in [0.5, 0.6) is 5.75 Å². The summed E-state index contributed by atoms with van der Waals surface area (Å²) < 4.78 is 10.9. The molecule has 1 amide bonds. The molecule has 4 nitrogen and oxygen atoms in total. The van der Waals surface area contributed by atoms with Gasteiger partial charge in [0.25, 0.3) is 0 Å².